The molecule has 0 unspecified atom stereocenters. The summed E-state index contributed by atoms with van der Waals surface area (Å²) in [6.45, 7) is 4.49. The van der Waals surface area contributed by atoms with E-state index in [9.17, 15) is 4.79 Å². The summed E-state index contributed by atoms with van der Waals surface area (Å²) in [5.74, 6) is 0.103. The molecule has 0 saturated carbocycles. The Morgan fingerprint density at radius 1 is 1.05 bits per heavy atom. The number of carbonyl (C=O) groups is 1. The van der Waals surface area contributed by atoms with Crippen molar-refractivity contribution in [3.05, 3.63) is 65.2 Å². The third-order valence-corrected chi connectivity index (χ3v) is 3.23. The lowest BCUT2D eigenvalue weighted by Crippen LogP contribution is -2.18. The second-order valence-electron chi connectivity index (χ2n) is 4.91. The van der Waals surface area contributed by atoms with E-state index in [0.717, 1.165) is 17.8 Å². The number of ketones is 1. The van der Waals surface area contributed by atoms with Crippen molar-refractivity contribution in [2.75, 3.05) is 11.9 Å². The van der Waals surface area contributed by atoms with Crippen molar-refractivity contribution in [2.24, 2.45) is 0 Å². The van der Waals surface area contributed by atoms with E-state index in [0.29, 0.717) is 0 Å². The minimum Gasteiger partial charge on any atom is -0.370 e. The molecule has 2 rings (SSSR count). The van der Waals surface area contributed by atoms with Gasteiger partial charge in [-0.15, -0.1) is 0 Å². The maximum atomic E-state index is 11.6. The Bertz CT molecular complexity index is 572. The highest BCUT2D eigenvalue weighted by Gasteiger charge is 2.10. The fourth-order valence-electron chi connectivity index (χ4n) is 2.16. The molecule has 0 saturated heterocycles. The van der Waals surface area contributed by atoms with Crippen LogP contribution in [-0.4, -0.2) is 12.8 Å². The smallest absolute Gasteiger partial charge is 0.161 e. The molecule has 0 spiro atoms. The molecule has 0 bridgehead atoms. The van der Waals surface area contributed by atoms with Gasteiger partial charge in [-0.25, -0.2) is 0 Å². The summed E-state index contributed by atoms with van der Waals surface area (Å²) in [6, 6.07) is 16.2. The van der Waals surface area contributed by atoms with Crippen molar-refractivity contribution in [1.82, 2.24) is 0 Å². The lowest BCUT2D eigenvalue weighted by atomic mass is 10.1. The number of para-hydroxylation sites is 1. The van der Waals surface area contributed by atoms with Gasteiger partial charge >= 0.3 is 0 Å². The Labute approximate surface area is 114 Å². The number of aryl methyl sites for hydroxylation is 1. The fraction of sp³-hybridized carbons (Fsp3) is 0.235. The normalized spacial score (nSPS) is 10.3. The van der Waals surface area contributed by atoms with Crippen molar-refractivity contribution in [3.8, 4) is 0 Å². The van der Waals surface area contributed by atoms with E-state index >= 15 is 0 Å². The quantitative estimate of drug-likeness (QED) is 0.772. The monoisotopic (exact) mass is 253 g/mol. The largest absolute Gasteiger partial charge is 0.370 e. The summed E-state index contributed by atoms with van der Waals surface area (Å²) >= 11 is 0. The molecule has 19 heavy (non-hydrogen) atoms. The highest BCUT2D eigenvalue weighted by molar-refractivity contribution is 5.99. The van der Waals surface area contributed by atoms with Gasteiger partial charge in [-0.1, -0.05) is 42.0 Å². The standard InChI is InChI=1S/C17H19NO/c1-13-8-10-15(11-9-13)12-18(3)17-7-5-4-6-16(17)14(2)19/h4-11H,12H2,1-3H3. The maximum Gasteiger partial charge on any atom is 0.161 e. The molecule has 98 valence electrons. The van der Waals surface area contributed by atoms with Gasteiger partial charge in [0.15, 0.2) is 5.78 Å². The van der Waals surface area contributed by atoms with Gasteiger partial charge in [0, 0.05) is 24.8 Å². The van der Waals surface area contributed by atoms with Crippen LogP contribution in [0.5, 0.6) is 0 Å². The summed E-state index contributed by atoms with van der Waals surface area (Å²) in [6.07, 6.45) is 0. The van der Waals surface area contributed by atoms with Crippen molar-refractivity contribution in [3.63, 3.8) is 0 Å². The molecule has 0 fully saturated rings. The number of rotatable bonds is 4. The summed E-state index contributed by atoms with van der Waals surface area (Å²) in [5.41, 5.74) is 4.26. The third kappa shape index (κ3) is 3.22. The van der Waals surface area contributed by atoms with Crippen molar-refractivity contribution < 1.29 is 4.79 Å². The Morgan fingerprint density at radius 3 is 2.32 bits per heavy atom. The van der Waals surface area contributed by atoms with E-state index in [1.807, 2.05) is 31.3 Å². The van der Waals surface area contributed by atoms with Crippen LogP contribution < -0.4 is 4.90 Å². The molecule has 0 aliphatic carbocycles. The molecule has 0 N–H and O–H groups in total. The average Bonchev–Trinajstić information content (AvgIpc) is 2.41. The molecular weight excluding hydrogens is 234 g/mol. The summed E-state index contributed by atoms with van der Waals surface area (Å²) in [5, 5.41) is 0. The van der Waals surface area contributed by atoms with E-state index in [1.54, 1.807) is 6.92 Å². The number of nitrogens with zero attached hydrogens (tertiary/aromatic N) is 1. The van der Waals surface area contributed by atoms with E-state index in [4.69, 9.17) is 0 Å². The van der Waals surface area contributed by atoms with Gasteiger partial charge in [0.05, 0.1) is 0 Å². The number of carbonyl (C=O) groups excluding carboxylic acids is 1. The lowest BCUT2D eigenvalue weighted by Gasteiger charge is -2.21. The van der Waals surface area contributed by atoms with Crippen molar-refractivity contribution >= 4 is 11.5 Å². The molecule has 2 heteroatoms. The highest BCUT2D eigenvalue weighted by Crippen LogP contribution is 2.21. The zero-order chi connectivity index (χ0) is 13.8. The Kier molecular flexibility index (Phi) is 4.00. The molecule has 2 aromatic rings. The number of Topliss-reactive ketones (excluding diaryl/α,β-unsaturated/α-hetero) is 1. The second kappa shape index (κ2) is 5.70. The molecule has 0 radical (unpaired) electrons. The Hall–Kier alpha value is -2.09. The first kappa shape index (κ1) is 13.3. The summed E-state index contributed by atoms with van der Waals surface area (Å²) < 4.78 is 0. The van der Waals surface area contributed by atoms with Gasteiger partial charge in [-0.2, -0.15) is 0 Å². The predicted octanol–water partition coefficient (Wildman–Crippen LogP) is 3.83. The molecule has 0 aliphatic heterocycles. The van der Waals surface area contributed by atoms with E-state index in [1.165, 1.54) is 11.1 Å². The molecule has 0 aromatic heterocycles. The number of hydrogen-bond donors (Lipinski definition) is 0. The van der Waals surface area contributed by atoms with Crippen LogP contribution in [0, 0.1) is 6.92 Å². The van der Waals surface area contributed by atoms with Crippen LogP contribution in [-0.2, 0) is 6.54 Å². The predicted molar refractivity (Wildman–Crippen MR) is 79.7 cm³/mol. The molecular formula is C17H19NO. The van der Waals surface area contributed by atoms with Gasteiger partial charge in [-0.05, 0) is 31.5 Å². The van der Waals surface area contributed by atoms with Gasteiger partial charge in [0.1, 0.15) is 0 Å². The first-order valence-electron chi connectivity index (χ1n) is 6.44. The average molecular weight is 253 g/mol. The van der Waals surface area contributed by atoms with Crippen LogP contribution >= 0.6 is 0 Å². The van der Waals surface area contributed by atoms with Crippen LogP contribution in [0.15, 0.2) is 48.5 Å². The molecule has 0 atom stereocenters. The van der Waals surface area contributed by atoms with Gasteiger partial charge in [0.25, 0.3) is 0 Å². The highest BCUT2D eigenvalue weighted by atomic mass is 16.1. The minimum absolute atomic E-state index is 0.103. The first-order valence-corrected chi connectivity index (χ1v) is 6.44. The SMILES string of the molecule is CC(=O)c1ccccc1N(C)Cc1ccc(C)cc1. The molecule has 0 heterocycles. The molecule has 2 nitrogen and oxygen atoms in total. The minimum atomic E-state index is 0.103. The van der Waals surface area contributed by atoms with Crippen LogP contribution in [0.3, 0.4) is 0 Å². The van der Waals surface area contributed by atoms with E-state index in [-0.39, 0.29) is 5.78 Å². The molecule has 0 amide bonds. The number of hydrogen-bond acceptors (Lipinski definition) is 2. The van der Waals surface area contributed by atoms with Crippen LogP contribution in [0.1, 0.15) is 28.4 Å². The zero-order valence-corrected chi connectivity index (χ0v) is 11.7. The number of anilines is 1. The Balaban J connectivity index is 2.22. The van der Waals surface area contributed by atoms with Crippen LogP contribution in [0.4, 0.5) is 5.69 Å². The third-order valence-electron chi connectivity index (χ3n) is 3.23. The summed E-state index contributed by atoms with van der Waals surface area (Å²) in [7, 11) is 2.02. The van der Waals surface area contributed by atoms with Crippen LogP contribution in [0.25, 0.3) is 0 Å². The molecule has 0 aliphatic rings. The van der Waals surface area contributed by atoms with Gasteiger partial charge in [0.2, 0.25) is 0 Å². The first-order chi connectivity index (χ1) is 9.08. The van der Waals surface area contributed by atoms with Crippen molar-refractivity contribution in [2.45, 2.75) is 20.4 Å². The lowest BCUT2D eigenvalue weighted by molar-refractivity contribution is 0.101. The van der Waals surface area contributed by atoms with Gasteiger partial charge < -0.3 is 4.90 Å². The van der Waals surface area contributed by atoms with Crippen molar-refractivity contribution in [1.29, 1.82) is 0 Å². The second-order valence-corrected chi connectivity index (χ2v) is 4.91. The number of benzene rings is 2. The van der Waals surface area contributed by atoms with Gasteiger partial charge in [-0.3, -0.25) is 4.79 Å². The zero-order valence-electron chi connectivity index (χ0n) is 11.7. The topological polar surface area (TPSA) is 20.3 Å². The van der Waals surface area contributed by atoms with E-state index in [2.05, 4.69) is 36.1 Å². The maximum absolute atomic E-state index is 11.6. The Morgan fingerprint density at radius 2 is 1.68 bits per heavy atom. The van der Waals surface area contributed by atoms with E-state index < -0.39 is 0 Å². The van der Waals surface area contributed by atoms with Crippen LogP contribution in [0.2, 0.25) is 0 Å². The molecule has 2 aromatic carbocycles. The fourth-order valence-corrected chi connectivity index (χ4v) is 2.16. The summed E-state index contributed by atoms with van der Waals surface area (Å²) in [4.78, 5) is 13.8.